The van der Waals surface area contributed by atoms with E-state index in [1.807, 2.05) is 48.5 Å². The van der Waals surface area contributed by atoms with Gasteiger partial charge in [0.2, 0.25) is 0 Å². The molecule has 0 radical (unpaired) electrons. The molecule has 0 unspecified atom stereocenters. The molecular weight excluding hydrogens is 288 g/mol. The summed E-state index contributed by atoms with van der Waals surface area (Å²) < 4.78 is 5.70. The highest BCUT2D eigenvalue weighted by atomic mass is 16.5. The van der Waals surface area contributed by atoms with Crippen molar-refractivity contribution < 1.29 is 9.84 Å². The molecule has 0 spiro atoms. The Kier molecular flexibility index (Phi) is 5.51. The van der Waals surface area contributed by atoms with Gasteiger partial charge in [-0.25, -0.2) is 0 Å². The third-order valence-corrected chi connectivity index (χ3v) is 4.19. The summed E-state index contributed by atoms with van der Waals surface area (Å²) in [6.07, 6.45) is 0.498. The van der Waals surface area contributed by atoms with Crippen molar-refractivity contribution in [1.29, 1.82) is 0 Å². The number of aliphatic hydroxyl groups excluding tert-OH is 1. The molecular formula is C19H24N2O2. The second kappa shape index (κ2) is 7.99. The lowest BCUT2D eigenvalue weighted by Gasteiger charge is -2.39. The van der Waals surface area contributed by atoms with Crippen molar-refractivity contribution in [3.8, 4) is 5.75 Å². The van der Waals surface area contributed by atoms with E-state index in [0.29, 0.717) is 13.2 Å². The number of hydrogen-bond donors (Lipinski definition) is 1. The molecule has 0 aliphatic carbocycles. The zero-order valence-electron chi connectivity index (χ0n) is 13.3. The SMILES string of the molecule is O[C@H]1CN(c2ccccc2)CCN1CCCOc1ccccc1. The Morgan fingerprint density at radius 1 is 0.957 bits per heavy atom. The molecule has 1 aliphatic heterocycles. The van der Waals surface area contributed by atoms with Gasteiger partial charge in [0.15, 0.2) is 0 Å². The number of benzene rings is 2. The predicted molar refractivity (Wildman–Crippen MR) is 92.8 cm³/mol. The average Bonchev–Trinajstić information content (AvgIpc) is 2.61. The van der Waals surface area contributed by atoms with Crippen LogP contribution in [0.3, 0.4) is 0 Å². The number of β-amino-alcohol motifs (C(OH)–C–C–N with tert-alkyl or cyclic N) is 1. The minimum atomic E-state index is -0.416. The van der Waals surface area contributed by atoms with E-state index in [0.717, 1.165) is 31.8 Å². The van der Waals surface area contributed by atoms with Crippen LogP contribution in [0, 0.1) is 0 Å². The predicted octanol–water partition coefficient (Wildman–Crippen LogP) is 2.60. The maximum atomic E-state index is 10.4. The quantitative estimate of drug-likeness (QED) is 0.832. The lowest BCUT2D eigenvalue weighted by Crippen LogP contribution is -2.53. The Labute approximate surface area is 137 Å². The number of aliphatic hydroxyl groups is 1. The molecule has 4 heteroatoms. The van der Waals surface area contributed by atoms with Gasteiger partial charge in [0, 0.05) is 25.3 Å². The molecule has 3 rings (SSSR count). The third kappa shape index (κ3) is 4.47. The fourth-order valence-electron chi connectivity index (χ4n) is 2.91. The highest BCUT2D eigenvalue weighted by Gasteiger charge is 2.24. The molecule has 0 bridgehead atoms. The zero-order valence-corrected chi connectivity index (χ0v) is 13.3. The first-order chi connectivity index (χ1) is 11.3. The van der Waals surface area contributed by atoms with Gasteiger partial charge in [0.05, 0.1) is 13.2 Å². The van der Waals surface area contributed by atoms with E-state index in [9.17, 15) is 5.11 Å². The van der Waals surface area contributed by atoms with Crippen molar-refractivity contribution in [2.75, 3.05) is 37.7 Å². The van der Waals surface area contributed by atoms with Crippen LogP contribution < -0.4 is 9.64 Å². The van der Waals surface area contributed by atoms with E-state index >= 15 is 0 Å². The maximum absolute atomic E-state index is 10.4. The highest BCUT2D eigenvalue weighted by Crippen LogP contribution is 2.18. The summed E-state index contributed by atoms with van der Waals surface area (Å²) in [5.41, 5.74) is 1.18. The maximum Gasteiger partial charge on any atom is 0.125 e. The molecule has 1 N–H and O–H groups in total. The van der Waals surface area contributed by atoms with Crippen molar-refractivity contribution in [3.63, 3.8) is 0 Å². The molecule has 1 saturated heterocycles. The summed E-state index contributed by atoms with van der Waals surface area (Å²) in [6.45, 7) is 4.01. The smallest absolute Gasteiger partial charge is 0.125 e. The van der Waals surface area contributed by atoms with Gasteiger partial charge < -0.3 is 14.7 Å². The largest absolute Gasteiger partial charge is 0.494 e. The van der Waals surface area contributed by atoms with Crippen LogP contribution in [0.4, 0.5) is 5.69 Å². The summed E-state index contributed by atoms with van der Waals surface area (Å²) in [4.78, 5) is 4.37. The first-order valence-electron chi connectivity index (χ1n) is 8.23. The van der Waals surface area contributed by atoms with E-state index in [2.05, 4.69) is 21.9 Å². The van der Waals surface area contributed by atoms with Gasteiger partial charge in [-0.3, -0.25) is 4.90 Å². The Morgan fingerprint density at radius 3 is 2.35 bits per heavy atom. The minimum Gasteiger partial charge on any atom is -0.494 e. The molecule has 0 saturated carbocycles. The van der Waals surface area contributed by atoms with Crippen LogP contribution in [-0.2, 0) is 0 Å². The molecule has 0 aromatic heterocycles. The van der Waals surface area contributed by atoms with Crippen LogP contribution in [0.25, 0.3) is 0 Å². The van der Waals surface area contributed by atoms with Gasteiger partial charge in [0.1, 0.15) is 12.0 Å². The third-order valence-electron chi connectivity index (χ3n) is 4.19. The number of rotatable bonds is 6. The van der Waals surface area contributed by atoms with Crippen LogP contribution in [0.1, 0.15) is 6.42 Å². The first-order valence-corrected chi connectivity index (χ1v) is 8.23. The van der Waals surface area contributed by atoms with Gasteiger partial charge in [0.25, 0.3) is 0 Å². The molecule has 2 aromatic rings. The normalized spacial score (nSPS) is 18.8. The molecule has 23 heavy (non-hydrogen) atoms. The van der Waals surface area contributed by atoms with Crippen LogP contribution in [0.2, 0.25) is 0 Å². The molecule has 1 fully saturated rings. The van der Waals surface area contributed by atoms with E-state index in [1.54, 1.807) is 0 Å². The summed E-state index contributed by atoms with van der Waals surface area (Å²) in [6, 6.07) is 20.1. The lowest BCUT2D eigenvalue weighted by atomic mass is 10.2. The number of nitrogens with zero attached hydrogens (tertiary/aromatic N) is 2. The standard InChI is InChI=1S/C19H24N2O2/c22-19-16-21(17-8-3-1-4-9-17)14-13-20(19)12-7-15-23-18-10-5-2-6-11-18/h1-6,8-11,19,22H,7,12-16H2/t19-/m0/s1. The van der Waals surface area contributed by atoms with Crippen molar-refractivity contribution in [2.45, 2.75) is 12.6 Å². The highest BCUT2D eigenvalue weighted by molar-refractivity contribution is 5.46. The molecule has 1 aliphatic rings. The second-order valence-electron chi connectivity index (χ2n) is 5.81. The summed E-state index contributed by atoms with van der Waals surface area (Å²) in [5.74, 6) is 0.905. The Hall–Kier alpha value is -2.04. The molecule has 0 amide bonds. The first kappa shape index (κ1) is 15.8. The number of anilines is 1. The number of piperazine rings is 1. The number of ether oxygens (including phenoxy) is 1. The van der Waals surface area contributed by atoms with Gasteiger partial charge in [-0.2, -0.15) is 0 Å². The number of hydrogen-bond acceptors (Lipinski definition) is 4. The van der Waals surface area contributed by atoms with Crippen LogP contribution in [-0.4, -0.2) is 49.0 Å². The van der Waals surface area contributed by atoms with Gasteiger partial charge in [-0.05, 0) is 30.7 Å². The lowest BCUT2D eigenvalue weighted by molar-refractivity contribution is -0.00571. The fourth-order valence-corrected chi connectivity index (χ4v) is 2.91. The zero-order chi connectivity index (χ0) is 15.9. The Balaban J connectivity index is 1.40. The molecule has 1 heterocycles. The summed E-state index contributed by atoms with van der Waals surface area (Å²) in [7, 11) is 0. The second-order valence-corrected chi connectivity index (χ2v) is 5.81. The van der Waals surface area contributed by atoms with Gasteiger partial charge in [-0.15, -0.1) is 0 Å². The van der Waals surface area contributed by atoms with E-state index in [4.69, 9.17) is 4.74 Å². The monoisotopic (exact) mass is 312 g/mol. The summed E-state index contributed by atoms with van der Waals surface area (Å²) >= 11 is 0. The Morgan fingerprint density at radius 2 is 1.65 bits per heavy atom. The van der Waals surface area contributed by atoms with Crippen LogP contribution in [0.5, 0.6) is 5.75 Å². The Bertz CT molecular complexity index is 576. The molecule has 2 aromatic carbocycles. The number of para-hydroxylation sites is 2. The topological polar surface area (TPSA) is 35.9 Å². The van der Waals surface area contributed by atoms with Crippen molar-refractivity contribution >= 4 is 5.69 Å². The molecule has 4 nitrogen and oxygen atoms in total. The molecule has 122 valence electrons. The van der Waals surface area contributed by atoms with Crippen molar-refractivity contribution in [2.24, 2.45) is 0 Å². The average molecular weight is 312 g/mol. The van der Waals surface area contributed by atoms with Gasteiger partial charge in [-0.1, -0.05) is 36.4 Å². The van der Waals surface area contributed by atoms with E-state index in [1.165, 1.54) is 5.69 Å². The minimum absolute atomic E-state index is 0.416. The van der Waals surface area contributed by atoms with E-state index < -0.39 is 6.23 Å². The van der Waals surface area contributed by atoms with Crippen molar-refractivity contribution in [1.82, 2.24) is 4.90 Å². The summed E-state index contributed by atoms with van der Waals surface area (Å²) in [5, 5.41) is 10.4. The van der Waals surface area contributed by atoms with Crippen LogP contribution in [0.15, 0.2) is 60.7 Å². The molecule has 1 atom stereocenters. The van der Waals surface area contributed by atoms with Gasteiger partial charge >= 0.3 is 0 Å². The van der Waals surface area contributed by atoms with Crippen LogP contribution >= 0.6 is 0 Å². The van der Waals surface area contributed by atoms with Crippen molar-refractivity contribution in [3.05, 3.63) is 60.7 Å². The van der Waals surface area contributed by atoms with E-state index in [-0.39, 0.29) is 0 Å². The fraction of sp³-hybridized carbons (Fsp3) is 0.368.